The van der Waals surface area contributed by atoms with Crippen LogP contribution in [0.4, 0.5) is 11.5 Å². The predicted molar refractivity (Wildman–Crippen MR) is 79.9 cm³/mol. The number of aromatic nitrogens is 2. The third kappa shape index (κ3) is 2.88. The Bertz CT molecular complexity index is 600. The minimum Gasteiger partial charge on any atom is -0.340 e. The Hall–Kier alpha value is -1.17. The Morgan fingerprint density at radius 3 is 2.79 bits per heavy atom. The van der Waals surface area contributed by atoms with Gasteiger partial charge in [-0.3, -0.25) is 0 Å². The molecule has 0 radical (unpaired) electrons. The van der Waals surface area contributed by atoms with Crippen LogP contribution in [0.2, 0.25) is 5.28 Å². The van der Waals surface area contributed by atoms with Crippen LogP contribution in [0.5, 0.6) is 0 Å². The number of anilines is 2. The minimum atomic E-state index is 0.280. The lowest BCUT2D eigenvalue weighted by atomic mass is 10.1. The smallest absolute Gasteiger partial charge is 0.224 e. The molecule has 1 aromatic heterocycles. The molecule has 1 aliphatic heterocycles. The van der Waals surface area contributed by atoms with Crippen LogP contribution < -0.4 is 10.6 Å². The van der Waals surface area contributed by atoms with Gasteiger partial charge in [0.1, 0.15) is 5.82 Å². The molecule has 0 spiro atoms. The molecule has 0 aliphatic carbocycles. The summed E-state index contributed by atoms with van der Waals surface area (Å²) in [7, 11) is 0. The van der Waals surface area contributed by atoms with Crippen LogP contribution in [0.1, 0.15) is 11.3 Å². The normalized spacial score (nSPS) is 14.0. The molecule has 4 nitrogen and oxygen atoms in total. The molecule has 3 rings (SSSR count). The van der Waals surface area contributed by atoms with Crippen LogP contribution in [0, 0.1) is 0 Å². The summed E-state index contributed by atoms with van der Waals surface area (Å²) in [6.07, 6.45) is 0.908. The standard InChI is InChI=1S/C13H12BrClN4/c14-8-1-3-9(4-2-8)17-12-10-5-6-16-7-11(10)18-13(15)19-12/h1-4,16H,5-7H2,(H,17,18,19). The minimum absolute atomic E-state index is 0.280. The fraction of sp³-hybridized carbons (Fsp3) is 0.231. The van der Waals surface area contributed by atoms with E-state index in [1.165, 1.54) is 0 Å². The largest absolute Gasteiger partial charge is 0.340 e. The van der Waals surface area contributed by atoms with Gasteiger partial charge in [-0.15, -0.1) is 0 Å². The zero-order valence-electron chi connectivity index (χ0n) is 10.1. The number of benzene rings is 1. The second-order valence-electron chi connectivity index (χ2n) is 4.33. The van der Waals surface area contributed by atoms with Crippen molar-refractivity contribution in [3.05, 3.63) is 45.3 Å². The molecule has 1 aliphatic rings. The second kappa shape index (κ2) is 5.45. The molecular weight excluding hydrogens is 328 g/mol. The van der Waals surface area contributed by atoms with Crippen LogP contribution in [0.25, 0.3) is 0 Å². The van der Waals surface area contributed by atoms with E-state index in [2.05, 4.69) is 36.5 Å². The Balaban J connectivity index is 1.95. The first-order chi connectivity index (χ1) is 9.22. The quantitative estimate of drug-likeness (QED) is 0.825. The van der Waals surface area contributed by atoms with Gasteiger partial charge in [-0.2, -0.15) is 0 Å². The molecule has 2 heterocycles. The Morgan fingerprint density at radius 1 is 1.21 bits per heavy atom. The summed E-state index contributed by atoms with van der Waals surface area (Å²) in [6.45, 7) is 1.68. The van der Waals surface area contributed by atoms with Gasteiger partial charge in [0, 0.05) is 22.3 Å². The Labute approximate surface area is 124 Å². The third-order valence-electron chi connectivity index (χ3n) is 3.02. The van der Waals surface area contributed by atoms with Gasteiger partial charge in [0.15, 0.2) is 0 Å². The van der Waals surface area contributed by atoms with E-state index in [4.69, 9.17) is 11.6 Å². The van der Waals surface area contributed by atoms with Gasteiger partial charge < -0.3 is 10.6 Å². The topological polar surface area (TPSA) is 49.8 Å². The number of nitrogens with one attached hydrogen (secondary N) is 2. The summed E-state index contributed by atoms with van der Waals surface area (Å²) >= 11 is 9.40. The van der Waals surface area contributed by atoms with E-state index in [0.717, 1.165) is 46.7 Å². The van der Waals surface area contributed by atoms with E-state index in [-0.39, 0.29) is 5.28 Å². The molecule has 1 aromatic carbocycles. The van der Waals surface area contributed by atoms with Gasteiger partial charge >= 0.3 is 0 Å². The van der Waals surface area contributed by atoms with Crippen molar-refractivity contribution < 1.29 is 0 Å². The average Bonchev–Trinajstić information content (AvgIpc) is 2.41. The predicted octanol–water partition coefficient (Wildman–Crippen LogP) is 3.28. The number of hydrogen-bond acceptors (Lipinski definition) is 4. The average molecular weight is 340 g/mol. The maximum atomic E-state index is 5.98. The highest BCUT2D eigenvalue weighted by Crippen LogP contribution is 2.25. The van der Waals surface area contributed by atoms with Gasteiger partial charge in [-0.25, -0.2) is 9.97 Å². The molecule has 0 saturated carbocycles. The van der Waals surface area contributed by atoms with Crippen molar-refractivity contribution >= 4 is 39.0 Å². The fourth-order valence-corrected chi connectivity index (χ4v) is 2.55. The molecule has 0 atom stereocenters. The molecule has 0 amide bonds. The summed E-state index contributed by atoms with van der Waals surface area (Å²) < 4.78 is 1.05. The van der Waals surface area contributed by atoms with Gasteiger partial charge in [0.2, 0.25) is 5.28 Å². The van der Waals surface area contributed by atoms with E-state index in [1.54, 1.807) is 0 Å². The molecule has 2 N–H and O–H groups in total. The number of hydrogen-bond donors (Lipinski definition) is 2. The zero-order valence-corrected chi connectivity index (χ0v) is 12.4. The lowest BCUT2D eigenvalue weighted by Gasteiger charge is -2.19. The lowest BCUT2D eigenvalue weighted by Crippen LogP contribution is -2.26. The van der Waals surface area contributed by atoms with Crippen LogP contribution in [0.15, 0.2) is 28.7 Å². The van der Waals surface area contributed by atoms with Crippen LogP contribution >= 0.6 is 27.5 Å². The first-order valence-electron chi connectivity index (χ1n) is 6.01. The van der Waals surface area contributed by atoms with E-state index < -0.39 is 0 Å². The molecule has 2 aromatic rings. The number of rotatable bonds is 2. The van der Waals surface area contributed by atoms with E-state index >= 15 is 0 Å². The van der Waals surface area contributed by atoms with Crippen molar-refractivity contribution in [2.24, 2.45) is 0 Å². The van der Waals surface area contributed by atoms with Crippen LogP contribution in [0.3, 0.4) is 0 Å². The van der Waals surface area contributed by atoms with E-state index in [1.807, 2.05) is 24.3 Å². The summed E-state index contributed by atoms with van der Waals surface area (Å²) in [5.74, 6) is 0.804. The monoisotopic (exact) mass is 338 g/mol. The van der Waals surface area contributed by atoms with Gasteiger partial charge in [-0.1, -0.05) is 15.9 Å². The third-order valence-corrected chi connectivity index (χ3v) is 3.71. The van der Waals surface area contributed by atoms with Gasteiger partial charge in [0.25, 0.3) is 0 Å². The lowest BCUT2D eigenvalue weighted by molar-refractivity contribution is 0.625. The first-order valence-corrected chi connectivity index (χ1v) is 7.18. The van der Waals surface area contributed by atoms with E-state index in [0.29, 0.717) is 0 Å². The zero-order chi connectivity index (χ0) is 13.2. The summed E-state index contributed by atoms with van der Waals surface area (Å²) in [4.78, 5) is 8.58. The molecule has 0 bridgehead atoms. The summed E-state index contributed by atoms with van der Waals surface area (Å²) in [6, 6.07) is 7.96. The highest BCUT2D eigenvalue weighted by Gasteiger charge is 2.17. The van der Waals surface area contributed by atoms with Crippen molar-refractivity contribution in [2.75, 3.05) is 11.9 Å². The van der Waals surface area contributed by atoms with Crippen molar-refractivity contribution in [2.45, 2.75) is 13.0 Å². The Kier molecular flexibility index (Phi) is 3.68. The molecule has 0 unspecified atom stereocenters. The molecule has 0 saturated heterocycles. The molecule has 6 heteroatoms. The maximum Gasteiger partial charge on any atom is 0.224 e. The highest BCUT2D eigenvalue weighted by atomic mass is 79.9. The Morgan fingerprint density at radius 2 is 2.00 bits per heavy atom. The van der Waals surface area contributed by atoms with Crippen LogP contribution in [-0.2, 0) is 13.0 Å². The second-order valence-corrected chi connectivity index (χ2v) is 5.58. The number of halogens is 2. The van der Waals surface area contributed by atoms with E-state index in [9.17, 15) is 0 Å². The molecular formula is C13H12BrClN4. The van der Waals surface area contributed by atoms with Crippen LogP contribution in [-0.4, -0.2) is 16.5 Å². The molecule has 19 heavy (non-hydrogen) atoms. The summed E-state index contributed by atoms with van der Waals surface area (Å²) in [5, 5.41) is 6.88. The molecule has 98 valence electrons. The van der Waals surface area contributed by atoms with Crippen molar-refractivity contribution in [3.8, 4) is 0 Å². The van der Waals surface area contributed by atoms with Crippen molar-refractivity contribution in [3.63, 3.8) is 0 Å². The number of nitrogens with zero attached hydrogens (tertiary/aromatic N) is 2. The highest BCUT2D eigenvalue weighted by molar-refractivity contribution is 9.10. The SMILES string of the molecule is Clc1nc2c(c(Nc3ccc(Br)cc3)n1)CCNC2. The first kappa shape index (κ1) is 12.8. The van der Waals surface area contributed by atoms with Crippen molar-refractivity contribution in [1.29, 1.82) is 0 Å². The summed E-state index contributed by atoms with van der Waals surface area (Å²) in [5.41, 5.74) is 3.11. The van der Waals surface area contributed by atoms with Gasteiger partial charge in [0.05, 0.1) is 5.69 Å². The van der Waals surface area contributed by atoms with Gasteiger partial charge in [-0.05, 0) is 48.8 Å². The number of fused-ring (bicyclic) bond motifs is 1. The van der Waals surface area contributed by atoms with Crippen molar-refractivity contribution in [1.82, 2.24) is 15.3 Å². The maximum absolute atomic E-state index is 5.98. The molecule has 0 fully saturated rings. The fourth-order valence-electron chi connectivity index (χ4n) is 2.10.